The van der Waals surface area contributed by atoms with Crippen LogP contribution in [0.4, 0.5) is 18.9 Å². The third-order valence-electron chi connectivity index (χ3n) is 1.32. The summed E-state index contributed by atoms with van der Waals surface area (Å²) in [4.78, 5) is 13.2. The number of alkyl halides is 3. The Hall–Kier alpha value is -1.33. The van der Waals surface area contributed by atoms with Crippen LogP contribution < -0.4 is 4.74 Å². The van der Waals surface area contributed by atoms with E-state index in [1.165, 1.54) is 12.1 Å². The van der Waals surface area contributed by atoms with E-state index in [1.54, 1.807) is 0 Å². The van der Waals surface area contributed by atoms with Crippen LogP contribution in [0.15, 0.2) is 27.7 Å². The Morgan fingerprint density at radius 1 is 1.40 bits per heavy atom. The molecule has 0 saturated heterocycles. The summed E-state index contributed by atoms with van der Waals surface area (Å²) in [5.41, 5.74) is 0.180. The largest absolute Gasteiger partial charge is 0.573 e. The second kappa shape index (κ2) is 4.46. The summed E-state index contributed by atoms with van der Waals surface area (Å²) in [6.45, 7) is 0. The minimum Gasteiger partial charge on any atom is -0.406 e. The molecule has 0 unspecified atom stereocenters. The standard InChI is InChI=1S/C8H3BrF3NO2/c9-6-3-5(15-8(10,11)12)1-2-7(6)13-4-14/h1-3H. The van der Waals surface area contributed by atoms with E-state index in [0.29, 0.717) is 0 Å². The van der Waals surface area contributed by atoms with E-state index in [4.69, 9.17) is 0 Å². The van der Waals surface area contributed by atoms with Crippen LogP contribution in [-0.2, 0) is 4.79 Å². The van der Waals surface area contributed by atoms with Gasteiger partial charge in [-0.15, -0.1) is 13.2 Å². The van der Waals surface area contributed by atoms with Crippen molar-refractivity contribution in [2.24, 2.45) is 4.99 Å². The lowest BCUT2D eigenvalue weighted by atomic mass is 10.3. The van der Waals surface area contributed by atoms with Gasteiger partial charge >= 0.3 is 6.36 Å². The van der Waals surface area contributed by atoms with Crippen LogP contribution in [-0.4, -0.2) is 12.4 Å². The van der Waals surface area contributed by atoms with Crippen molar-refractivity contribution >= 4 is 27.7 Å². The molecule has 0 aromatic heterocycles. The Balaban J connectivity index is 2.96. The normalized spacial score (nSPS) is 10.7. The van der Waals surface area contributed by atoms with E-state index < -0.39 is 6.36 Å². The smallest absolute Gasteiger partial charge is 0.406 e. The minimum absolute atomic E-state index is 0.180. The maximum atomic E-state index is 11.8. The lowest BCUT2D eigenvalue weighted by Crippen LogP contribution is -2.16. The van der Waals surface area contributed by atoms with E-state index >= 15 is 0 Å². The summed E-state index contributed by atoms with van der Waals surface area (Å²) in [6.07, 6.45) is -3.47. The van der Waals surface area contributed by atoms with Gasteiger partial charge in [0.15, 0.2) is 0 Å². The molecule has 0 aliphatic rings. The molecule has 0 N–H and O–H groups in total. The van der Waals surface area contributed by atoms with Gasteiger partial charge < -0.3 is 4.74 Å². The minimum atomic E-state index is -4.74. The second-order valence-electron chi connectivity index (χ2n) is 2.36. The lowest BCUT2D eigenvalue weighted by molar-refractivity contribution is -0.274. The number of carbonyl (C=O) groups excluding carboxylic acids is 1. The molecule has 1 aromatic rings. The van der Waals surface area contributed by atoms with E-state index in [9.17, 15) is 18.0 Å². The van der Waals surface area contributed by atoms with Gasteiger partial charge in [-0.3, -0.25) is 0 Å². The van der Waals surface area contributed by atoms with E-state index in [0.717, 1.165) is 12.1 Å². The summed E-state index contributed by atoms with van der Waals surface area (Å²) < 4.78 is 39.3. The molecule has 15 heavy (non-hydrogen) atoms. The van der Waals surface area contributed by atoms with Gasteiger partial charge in [-0.2, -0.15) is 4.99 Å². The molecular formula is C8H3BrF3NO2. The van der Waals surface area contributed by atoms with Crippen LogP contribution in [0, 0.1) is 0 Å². The Kier molecular flexibility index (Phi) is 3.49. The quantitative estimate of drug-likeness (QED) is 0.616. The van der Waals surface area contributed by atoms with Crippen molar-refractivity contribution < 1.29 is 22.7 Å². The average Bonchev–Trinajstić information content (AvgIpc) is 2.07. The first-order valence-electron chi connectivity index (χ1n) is 3.55. The zero-order chi connectivity index (χ0) is 11.5. The average molecular weight is 282 g/mol. The summed E-state index contributed by atoms with van der Waals surface area (Å²) in [5, 5.41) is 0. The first-order valence-corrected chi connectivity index (χ1v) is 4.35. The van der Waals surface area contributed by atoms with Crippen LogP contribution >= 0.6 is 15.9 Å². The summed E-state index contributed by atoms with van der Waals surface area (Å²) in [5.74, 6) is -0.390. The Morgan fingerprint density at radius 2 is 2.07 bits per heavy atom. The molecular weight excluding hydrogens is 279 g/mol. The first kappa shape index (κ1) is 11.7. The van der Waals surface area contributed by atoms with Gasteiger partial charge in [-0.1, -0.05) is 0 Å². The predicted molar refractivity (Wildman–Crippen MR) is 48.6 cm³/mol. The first-order chi connectivity index (χ1) is 6.92. The monoisotopic (exact) mass is 281 g/mol. The van der Waals surface area contributed by atoms with Crippen LogP contribution in [0.25, 0.3) is 0 Å². The molecule has 0 aliphatic heterocycles. The number of benzene rings is 1. The van der Waals surface area contributed by atoms with Gasteiger partial charge in [-0.05, 0) is 34.1 Å². The van der Waals surface area contributed by atoms with Crippen LogP contribution in [0.1, 0.15) is 0 Å². The highest BCUT2D eigenvalue weighted by molar-refractivity contribution is 9.10. The molecule has 1 aromatic carbocycles. The highest BCUT2D eigenvalue weighted by atomic mass is 79.9. The van der Waals surface area contributed by atoms with Crippen molar-refractivity contribution in [3.8, 4) is 5.75 Å². The highest BCUT2D eigenvalue weighted by Gasteiger charge is 2.31. The summed E-state index contributed by atoms with van der Waals surface area (Å²) >= 11 is 2.94. The number of aliphatic imine (C=N–C) groups is 1. The van der Waals surface area contributed by atoms with Gasteiger partial charge in [0, 0.05) is 4.47 Å². The van der Waals surface area contributed by atoms with Gasteiger partial charge in [0.25, 0.3) is 0 Å². The fraction of sp³-hybridized carbons (Fsp3) is 0.125. The van der Waals surface area contributed by atoms with Crippen molar-refractivity contribution in [1.29, 1.82) is 0 Å². The molecule has 0 bridgehead atoms. The Labute approximate surface area is 90.7 Å². The Bertz CT molecular complexity index is 413. The van der Waals surface area contributed by atoms with Crippen molar-refractivity contribution in [1.82, 2.24) is 0 Å². The molecule has 0 spiro atoms. The number of rotatable bonds is 2. The van der Waals surface area contributed by atoms with Crippen molar-refractivity contribution in [2.75, 3.05) is 0 Å². The van der Waals surface area contributed by atoms with Crippen LogP contribution in [0.5, 0.6) is 5.75 Å². The van der Waals surface area contributed by atoms with E-state index in [2.05, 4.69) is 25.7 Å². The van der Waals surface area contributed by atoms with Crippen molar-refractivity contribution in [3.05, 3.63) is 22.7 Å². The number of ether oxygens (including phenoxy) is 1. The fourth-order valence-electron chi connectivity index (χ4n) is 0.825. The van der Waals surface area contributed by atoms with Gasteiger partial charge in [-0.25, -0.2) is 4.79 Å². The molecule has 3 nitrogen and oxygen atoms in total. The van der Waals surface area contributed by atoms with Crippen molar-refractivity contribution in [3.63, 3.8) is 0 Å². The Morgan fingerprint density at radius 3 is 2.53 bits per heavy atom. The maximum absolute atomic E-state index is 11.8. The molecule has 0 radical (unpaired) electrons. The maximum Gasteiger partial charge on any atom is 0.573 e. The summed E-state index contributed by atoms with van der Waals surface area (Å²) in [7, 11) is 0. The highest BCUT2D eigenvalue weighted by Crippen LogP contribution is 2.31. The third kappa shape index (κ3) is 3.73. The molecule has 0 atom stereocenters. The van der Waals surface area contributed by atoms with Crippen LogP contribution in [0.2, 0.25) is 0 Å². The van der Waals surface area contributed by atoms with Gasteiger partial charge in [0.1, 0.15) is 5.75 Å². The zero-order valence-corrected chi connectivity index (χ0v) is 8.59. The SMILES string of the molecule is O=C=Nc1ccc(OC(F)(F)F)cc1Br. The number of halogens is 4. The number of hydrogen-bond donors (Lipinski definition) is 0. The van der Waals surface area contributed by atoms with Gasteiger partial charge in [0.05, 0.1) is 5.69 Å². The molecule has 1 rings (SSSR count). The lowest BCUT2D eigenvalue weighted by Gasteiger charge is -2.09. The topological polar surface area (TPSA) is 38.7 Å². The number of hydrogen-bond acceptors (Lipinski definition) is 3. The third-order valence-corrected chi connectivity index (χ3v) is 1.95. The zero-order valence-electron chi connectivity index (χ0n) is 7.01. The number of nitrogens with zero attached hydrogens (tertiary/aromatic N) is 1. The second-order valence-corrected chi connectivity index (χ2v) is 3.22. The molecule has 0 heterocycles. The van der Waals surface area contributed by atoms with Crippen molar-refractivity contribution in [2.45, 2.75) is 6.36 Å². The molecule has 7 heteroatoms. The predicted octanol–water partition coefficient (Wildman–Crippen LogP) is 3.32. The number of isocyanates is 1. The molecule has 0 fully saturated rings. The fourth-order valence-corrected chi connectivity index (χ4v) is 1.27. The molecule has 0 saturated carbocycles. The van der Waals surface area contributed by atoms with Crippen LogP contribution in [0.3, 0.4) is 0 Å². The van der Waals surface area contributed by atoms with Gasteiger partial charge in [0.2, 0.25) is 6.08 Å². The molecule has 80 valence electrons. The summed E-state index contributed by atoms with van der Waals surface area (Å²) in [6, 6.07) is 3.31. The molecule has 0 aliphatic carbocycles. The van der Waals surface area contributed by atoms with E-state index in [1.807, 2.05) is 0 Å². The van der Waals surface area contributed by atoms with E-state index in [-0.39, 0.29) is 15.9 Å². The molecule has 0 amide bonds.